The monoisotopic (exact) mass is 898 g/mol. The van der Waals surface area contributed by atoms with Gasteiger partial charge in [0.25, 0.3) is 0 Å². The largest absolute Gasteiger partial charge is 0.493 e. The van der Waals surface area contributed by atoms with Crippen LogP contribution in [0.1, 0.15) is 135 Å². The molecule has 0 N–H and O–H groups in total. The van der Waals surface area contributed by atoms with Crippen molar-refractivity contribution in [3.8, 4) is 11.5 Å². The molecule has 0 aliphatic rings. The Morgan fingerprint density at radius 3 is 0.914 bits per heavy atom. The Morgan fingerprint density at radius 2 is 0.603 bits per heavy atom. The second kappa shape index (κ2) is 25.9. The van der Waals surface area contributed by atoms with E-state index in [2.05, 4.69) is 204 Å². The predicted molar refractivity (Wildman–Crippen MR) is 261 cm³/mol. The summed E-state index contributed by atoms with van der Waals surface area (Å²) >= 11 is 7.04. The number of halogens is 2. The highest BCUT2D eigenvalue weighted by Crippen LogP contribution is 2.33. The lowest BCUT2D eigenvalue weighted by molar-refractivity contribution is 0.295. The number of benzene rings is 5. The van der Waals surface area contributed by atoms with Gasteiger partial charge in [-0.1, -0.05) is 231 Å². The highest BCUT2D eigenvalue weighted by molar-refractivity contribution is 9.10. The summed E-state index contributed by atoms with van der Waals surface area (Å²) in [7, 11) is 0. The summed E-state index contributed by atoms with van der Waals surface area (Å²) in [4.78, 5) is 0. The van der Waals surface area contributed by atoms with Crippen molar-refractivity contribution in [1.82, 2.24) is 0 Å². The van der Waals surface area contributed by atoms with Gasteiger partial charge < -0.3 is 9.47 Å². The Hall–Kier alpha value is -4.38. The van der Waals surface area contributed by atoms with Crippen LogP contribution in [0, 0.1) is 0 Å². The fourth-order valence-corrected chi connectivity index (χ4v) is 7.10. The van der Waals surface area contributed by atoms with Gasteiger partial charge in [0.2, 0.25) is 0 Å². The average Bonchev–Trinajstić information content (AvgIpc) is 3.25. The lowest BCUT2D eigenvalue weighted by Crippen LogP contribution is -2.03. The first-order valence-corrected chi connectivity index (χ1v) is 22.9. The van der Waals surface area contributed by atoms with Crippen LogP contribution < -0.4 is 9.47 Å². The van der Waals surface area contributed by atoms with Crippen LogP contribution in [0.25, 0.3) is 48.6 Å². The molecular weight excluding hydrogens is 840 g/mol. The van der Waals surface area contributed by atoms with Crippen molar-refractivity contribution in [3.05, 3.63) is 163 Å². The molecule has 0 aliphatic carbocycles. The van der Waals surface area contributed by atoms with E-state index in [4.69, 9.17) is 9.47 Å². The minimum atomic E-state index is 0.697. The van der Waals surface area contributed by atoms with E-state index >= 15 is 0 Å². The molecule has 58 heavy (non-hydrogen) atoms. The zero-order chi connectivity index (χ0) is 40.6. The van der Waals surface area contributed by atoms with Crippen LogP contribution in [0.5, 0.6) is 11.5 Å². The van der Waals surface area contributed by atoms with E-state index < -0.39 is 0 Å². The molecule has 5 rings (SSSR count). The maximum Gasteiger partial charge on any atom is 0.127 e. The standard InChI is InChI=1S/C54H60Br2O2/c1-3-5-7-9-11-13-39-57-53-41-50(34-28-46-23-17-44(18-24-46)20-26-48-31-37-52(56)38-32-48)54(58-40-14-12-10-8-6-4-2)42-49(53)33-27-45-21-15-43(16-22-45)19-25-47-29-35-51(55)36-30-47/h15-38,41-42H,3-14,39-40H2,1-2H3/b25-19+,26-20+,33-27+,34-28+. The van der Waals surface area contributed by atoms with Gasteiger partial charge in [-0.2, -0.15) is 0 Å². The Kier molecular flexibility index (Phi) is 19.9. The molecule has 0 saturated carbocycles. The van der Waals surface area contributed by atoms with Crippen LogP contribution in [0.2, 0.25) is 0 Å². The number of hydrogen-bond acceptors (Lipinski definition) is 2. The fraction of sp³-hybridized carbons (Fsp3) is 0.296. The van der Waals surface area contributed by atoms with E-state index in [1.807, 2.05) is 0 Å². The van der Waals surface area contributed by atoms with Crippen molar-refractivity contribution in [2.24, 2.45) is 0 Å². The Bertz CT molecular complexity index is 1890. The van der Waals surface area contributed by atoms with Crippen LogP contribution in [0.15, 0.2) is 118 Å². The van der Waals surface area contributed by atoms with Crippen LogP contribution in [0.3, 0.4) is 0 Å². The summed E-state index contributed by atoms with van der Waals surface area (Å²) < 4.78 is 15.3. The Labute approximate surface area is 366 Å². The van der Waals surface area contributed by atoms with E-state index in [1.54, 1.807) is 0 Å². The van der Waals surface area contributed by atoms with Gasteiger partial charge in [0, 0.05) is 20.1 Å². The van der Waals surface area contributed by atoms with Gasteiger partial charge in [-0.25, -0.2) is 0 Å². The van der Waals surface area contributed by atoms with Crippen LogP contribution in [-0.2, 0) is 0 Å². The van der Waals surface area contributed by atoms with Crippen LogP contribution >= 0.6 is 31.9 Å². The van der Waals surface area contributed by atoms with Crippen LogP contribution in [-0.4, -0.2) is 13.2 Å². The molecule has 0 spiro atoms. The SMILES string of the molecule is CCCCCCCCOc1cc(/C=C/c2ccc(/C=C/c3ccc(Br)cc3)cc2)c(OCCCCCCCC)cc1/C=C/c1ccc(/C=C/c2ccc(Br)cc2)cc1. The van der Waals surface area contributed by atoms with E-state index in [0.29, 0.717) is 13.2 Å². The van der Waals surface area contributed by atoms with Crippen molar-refractivity contribution in [2.75, 3.05) is 13.2 Å². The van der Waals surface area contributed by atoms with E-state index in [9.17, 15) is 0 Å². The number of unbranched alkanes of at least 4 members (excludes halogenated alkanes) is 10. The molecule has 0 atom stereocenters. The van der Waals surface area contributed by atoms with Crippen molar-refractivity contribution < 1.29 is 9.47 Å². The van der Waals surface area contributed by atoms with Gasteiger partial charge in [-0.15, -0.1) is 0 Å². The first-order chi connectivity index (χ1) is 28.5. The van der Waals surface area contributed by atoms with Crippen LogP contribution in [0.4, 0.5) is 0 Å². The van der Waals surface area contributed by atoms with E-state index in [0.717, 1.165) is 66.7 Å². The Balaban J connectivity index is 1.36. The van der Waals surface area contributed by atoms with Gasteiger partial charge in [0.05, 0.1) is 13.2 Å². The van der Waals surface area contributed by atoms with Gasteiger partial charge in [0.1, 0.15) is 11.5 Å². The van der Waals surface area contributed by atoms with Crippen molar-refractivity contribution in [3.63, 3.8) is 0 Å². The molecule has 0 amide bonds. The minimum absolute atomic E-state index is 0.697. The molecule has 0 heterocycles. The smallest absolute Gasteiger partial charge is 0.127 e. The minimum Gasteiger partial charge on any atom is -0.493 e. The third kappa shape index (κ3) is 16.5. The molecule has 0 aromatic heterocycles. The first kappa shape index (κ1) is 44.7. The summed E-state index contributed by atoms with van der Waals surface area (Å²) in [5.74, 6) is 1.78. The summed E-state index contributed by atoms with van der Waals surface area (Å²) in [6, 6.07) is 38.4. The molecule has 0 aliphatic heterocycles. The molecule has 2 nitrogen and oxygen atoms in total. The molecule has 0 radical (unpaired) electrons. The molecule has 0 saturated heterocycles. The molecule has 4 heteroatoms. The van der Waals surface area contributed by atoms with Gasteiger partial charge in [-0.05, 0) is 82.6 Å². The maximum absolute atomic E-state index is 6.58. The lowest BCUT2D eigenvalue weighted by Gasteiger charge is -2.15. The zero-order valence-electron chi connectivity index (χ0n) is 34.5. The third-order valence-corrected chi connectivity index (χ3v) is 11.2. The molecule has 5 aromatic carbocycles. The summed E-state index contributed by atoms with van der Waals surface area (Å²) in [5.41, 5.74) is 9.00. The molecule has 0 fully saturated rings. The molecule has 5 aromatic rings. The number of ether oxygens (including phenoxy) is 2. The highest BCUT2D eigenvalue weighted by atomic mass is 79.9. The molecule has 302 valence electrons. The second-order valence-corrected chi connectivity index (χ2v) is 16.8. The lowest BCUT2D eigenvalue weighted by atomic mass is 10.0. The molecular formula is C54H60Br2O2. The maximum atomic E-state index is 6.58. The van der Waals surface area contributed by atoms with Gasteiger partial charge in [-0.3, -0.25) is 0 Å². The van der Waals surface area contributed by atoms with Crippen molar-refractivity contribution in [1.29, 1.82) is 0 Å². The molecule has 0 unspecified atom stereocenters. The van der Waals surface area contributed by atoms with Gasteiger partial charge >= 0.3 is 0 Å². The first-order valence-electron chi connectivity index (χ1n) is 21.4. The summed E-state index contributed by atoms with van der Waals surface area (Å²) in [5, 5.41) is 0. The topological polar surface area (TPSA) is 18.5 Å². The zero-order valence-corrected chi connectivity index (χ0v) is 37.7. The number of hydrogen-bond donors (Lipinski definition) is 0. The van der Waals surface area contributed by atoms with E-state index in [1.165, 1.54) is 75.3 Å². The number of rotatable bonds is 24. The third-order valence-electron chi connectivity index (χ3n) is 10.1. The molecule has 0 bridgehead atoms. The summed E-state index contributed by atoms with van der Waals surface area (Å²) in [6.07, 6.45) is 32.0. The van der Waals surface area contributed by atoms with Crippen molar-refractivity contribution in [2.45, 2.75) is 90.9 Å². The second-order valence-electron chi connectivity index (χ2n) is 14.9. The highest BCUT2D eigenvalue weighted by Gasteiger charge is 2.11. The average molecular weight is 901 g/mol. The van der Waals surface area contributed by atoms with E-state index in [-0.39, 0.29) is 0 Å². The fourth-order valence-electron chi connectivity index (χ4n) is 6.57. The Morgan fingerprint density at radius 1 is 0.345 bits per heavy atom. The summed E-state index contributed by atoms with van der Waals surface area (Å²) in [6.45, 7) is 5.92. The van der Waals surface area contributed by atoms with Gasteiger partial charge in [0.15, 0.2) is 0 Å². The normalized spacial score (nSPS) is 11.8. The predicted octanol–water partition coefficient (Wildman–Crippen LogP) is 17.4. The van der Waals surface area contributed by atoms with Crippen molar-refractivity contribution >= 4 is 80.5 Å². The quantitative estimate of drug-likeness (QED) is 0.0454.